The number of aliphatic hydroxyl groups excluding tert-OH is 2. The lowest BCUT2D eigenvalue weighted by atomic mass is 10.0. The molecule has 2 N–H and O–H groups in total. The molecule has 5 heteroatoms. The van der Waals surface area contributed by atoms with Crippen molar-refractivity contribution in [3.05, 3.63) is 35.9 Å². The lowest BCUT2D eigenvalue weighted by Gasteiger charge is -2.21. The monoisotopic (exact) mass is 252 g/mol. The molecule has 0 amide bonds. The van der Waals surface area contributed by atoms with Crippen molar-refractivity contribution in [2.24, 2.45) is 5.92 Å². The first-order valence-electron chi connectivity index (χ1n) is 5.58. The summed E-state index contributed by atoms with van der Waals surface area (Å²) in [5.74, 6) is -1.02. The highest BCUT2D eigenvalue weighted by atomic mass is 16.5. The third kappa shape index (κ3) is 4.03. The number of hydrogen-bond donors (Lipinski definition) is 2. The van der Waals surface area contributed by atoms with Crippen molar-refractivity contribution < 1.29 is 24.5 Å². The van der Waals surface area contributed by atoms with Gasteiger partial charge in [-0.15, -0.1) is 0 Å². The van der Waals surface area contributed by atoms with Crippen LogP contribution < -0.4 is 0 Å². The number of hydrogen-bond acceptors (Lipinski definition) is 5. The predicted molar refractivity (Wildman–Crippen MR) is 63.7 cm³/mol. The van der Waals surface area contributed by atoms with Gasteiger partial charge in [-0.1, -0.05) is 30.3 Å². The Balaban J connectivity index is 2.56. The number of aliphatic hydroxyl groups is 2. The van der Waals surface area contributed by atoms with Crippen molar-refractivity contribution in [3.63, 3.8) is 0 Å². The van der Waals surface area contributed by atoms with Gasteiger partial charge in [-0.25, -0.2) is 0 Å². The minimum Gasteiger partial charge on any atom is -0.396 e. The van der Waals surface area contributed by atoms with E-state index in [2.05, 4.69) is 0 Å². The molecule has 98 valence electrons. The number of rotatable bonds is 8. The Morgan fingerprint density at radius 2 is 1.83 bits per heavy atom. The van der Waals surface area contributed by atoms with Gasteiger partial charge in [-0.3, -0.25) is 0 Å². The SMILES string of the molecule is O=CC(CO)C(O)C(C=O)OCc1ccccc1. The van der Waals surface area contributed by atoms with Crippen molar-refractivity contribution >= 4 is 12.6 Å². The highest BCUT2D eigenvalue weighted by Gasteiger charge is 2.27. The smallest absolute Gasteiger partial charge is 0.151 e. The Kier molecular flexibility index (Phi) is 6.21. The molecule has 1 rings (SSSR count). The maximum absolute atomic E-state index is 10.8. The summed E-state index contributed by atoms with van der Waals surface area (Å²) >= 11 is 0. The molecular formula is C13H16O5. The highest BCUT2D eigenvalue weighted by molar-refractivity contribution is 5.61. The maximum Gasteiger partial charge on any atom is 0.151 e. The molecule has 3 atom stereocenters. The van der Waals surface area contributed by atoms with Gasteiger partial charge in [-0.05, 0) is 5.56 Å². The van der Waals surface area contributed by atoms with Crippen LogP contribution in [0.1, 0.15) is 5.56 Å². The molecule has 0 aromatic heterocycles. The number of carbonyl (C=O) groups excluding carboxylic acids is 2. The summed E-state index contributed by atoms with van der Waals surface area (Å²) in [7, 11) is 0. The van der Waals surface area contributed by atoms with Gasteiger partial charge in [0.25, 0.3) is 0 Å². The van der Waals surface area contributed by atoms with Crippen molar-refractivity contribution in [1.82, 2.24) is 0 Å². The molecule has 0 aliphatic rings. The van der Waals surface area contributed by atoms with Gasteiger partial charge in [0.2, 0.25) is 0 Å². The zero-order chi connectivity index (χ0) is 13.4. The van der Waals surface area contributed by atoms with Gasteiger partial charge in [0.1, 0.15) is 12.4 Å². The van der Waals surface area contributed by atoms with E-state index in [9.17, 15) is 14.7 Å². The fourth-order valence-corrected chi connectivity index (χ4v) is 1.46. The van der Waals surface area contributed by atoms with E-state index in [0.29, 0.717) is 12.6 Å². The number of ether oxygens (including phenoxy) is 1. The molecular weight excluding hydrogens is 236 g/mol. The van der Waals surface area contributed by atoms with Crippen LogP contribution in [0.3, 0.4) is 0 Å². The average Bonchev–Trinajstić information content (AvgIpc) is 2.42. The van der Waals surface area contributed by atoms with Crippen molar-refractivity contribution in [2.75, 3.05) is 6.61 Å². The third-order valence-electron chi connectivity index (χ3n) is 2.58. The Labute approximate surface area is 105 Å². The summed E-state index contributed by atoms with van der Waals surface area (Å²) < 4.78 is 5.24. The van der Waals surface area contributed by atoms with Gasteiger partial charge in [-0.2, -0.15) is 0 Å². The quantitative estimate of drug-likeness (QED) is 0.633. The highest BCUT2D eigenvalue weighted by Crippen LogP contribution is 2.10. The normalized spacial score (nSPS) is 15.7. The van der Waals surface area contributed by atoms with Gasteiger partial charge in [0, 0.05) is 0 Å². The van der Waals surface area contributed by atoms with E-state index < -0.39 is 24.7 Å². The van der Waals surface area contributed by atoms with Gasteiger partial charge in [0.15, 0.2) is 6.29 Å². The summed E-state index contributed by atoms with van der Waals surface area (Å²) in [5, 5.41) is 18.6. The van der Waals surface area contributed by atoms with E-state index in [1.807, 2.05) is 30.3 Å². The lowest BCUT2D eigenvalue weighted by Crippen LogP contribution is -2.39. The van der Waals surface area contributed by atoms with Crippen LogP contribution in [0.5, 0.6) is 0 Å². The first-order chi connectivity index (χ1) is 8.72. The van der Waals surface area contributed by atoms with Crippen LogP contribution >= 0.6 is 0 Å². The summed E-state index contributed by atoms with van der Waals surface area (Å²) in [6.07, 6.45) is -1.63. The van der Waals surface area contributed by atoms with Crippen LogP contribution in [0.15, 0.2) is 30.3 Å². The minimum absolute atomic E-state index is 0.151. The van der Waals surface area contributed by atoms with Crippen LogP contribution in [-0.4, -0.2) is 41.6 Å². The minimum atomic E-state index is -1.34. The topological polar surface area (TPSA) is 83.8 Å². The molecule has 0 radical (unpaired) electrons. The fraction of sp³-hybridized carbons (Fsp3) is 0.385. The van der Waals surface area contributed by atoms with E-state index in [4.69, 9.17) is 9.84 Å². The second-order valence-corrected chi connectivity index (χ2v) is 3.87. The van der Waals surface area contributed by atoms with Crippen molar-refractivity contribution in [1.29, 1.82) is 0 Å². The number of aldehydes is 2. The van der Waals surface area contributed by atoms with Crippen LogP contribution in [-0.2, 0) is 20.9 Å². The molecule has 0 saturated heterocycles. The Morgan fingerprint density at radius 3 is 2.33 bits per heavy atom. The standard InChI is InChI=1S/C13H16O5/c14-6-11(7-15)13(17)12(8-16)18-9-10-4-2-1-3-5-10/h1-6,8,11-13,15,17H,7,9H2. The molecule has 0 spiro atoms. The lowest BCUT2D eigenvalue weighted by molar-refractivity contribution is -0.135. The largest absolute Gasteiger partial charge is 0.396 e. The van der Waals surface area contributed by atoms with Crippen LogP contribution in [0.2, 0.25) is 0 Å². The number of carbonyl (C=O) groups is 2. The van der Waals surface area contributed by atoms with Crippen LogP contribution in [0, 0.1) is 5.92 Å². The molecule has 18 heavy (non-hydrogen) atoms. The molecule has 1 aromatic carbocycles. The summed E-state index contributed by atoms with van der Waals surface area (Å²) in [4.78, 5) is 21.4. The van der Waals surface area contributed by atoms with Gasteiger partial charge < -0.3 is 24.5 Å². The fourth-order valence-electron chi connectivity index (χ4n) is 1.46. The van der Waals surface area contributed by atoms with Gasteiger partial charge >= 0.3 is 0 Å². The van der Waals surface area contributed by atoms with Crippen LogP contribution in [0.4, 0.5) is 0 Å². The molecule has 0 aliphatic heterocycles. The predicted octanol–water partition coefficient (Wildman–Crippen LogP) is -0.0610. The van der Waals surface area contributed by atoms with E-state index in [1.165, 1.54) is 0 Å². The zero-order valence-electron chi connectivity index (χ0n) is 9.81. The summed E-state index contributed by atoms with van der Waals surface area (Å²) in [6.45, 7) is -0.373. The van der Waals surface area contributed by atoms with E-state index in [-0.39, 0.29) is 6.61 Å². The molecule has 0 heterocycles. The third-order valence-corrected chi connectivity index (χ3v) is 2.58. The maximum atomic E-state index is 10.8. The first kappa shape index (κ1) is 14.5. The summed E-state index contributed by atoms with van der Waals surface area (Å²) in [6, 6.07) is 9.14. The van der Waals surface area contributed by atoms with Gasteiger partial charge in [0.05, 0.1) is 25.2 Å². The Hall–Kier alpha value is -1.56. The summed E-state index contributed by atoms with van der Waals surface area (Å²) in [5.41, 5.74) is 0.850. The second-order valence-electron chi connectivity index (χ2n) is 3.87. The average molecular weight is 252 g/mol. The van der Waals surface area contributed by atoms with E-state index in [0.717, 1.165) is 5.56 Å². The van der Waals surface area contributed by atoms with Crippen molar-refractivity contribution in [3.8, 4) is 0 Å². The molecule has 0 saturated carbocycles. The molecule has 0 bridgehead atoms. The van der Waals surface area contributed by atoms with Crippen LogP contribution in [0.25, 0.3) is 0 Å². The Bertz CT molecular complexity index is 365. The zero-order valence-corrected chi connectivity index (χ0v) is 9.81. The number of benzene rings is 1. The second kappa shape index (κ2) is 7.71. The van der Waals surface area contributed by atoms with E-state index >= 15 is 0 Å². The molecule has 5 nitrogen and oxygen atoms in total. The molecule has 3 unspecified atom stereocenters. The molecule has 0 aliphatic carbocycles. The Morgan fingerprint density at radius 1 is 1.17 bits per heavy atom. The molecule has 0 fully saturated rings. The first-order valence-corrected chi connectivity index (χ1v) is 5.58. The molecule has 1 aromatic rings. The van der Waals surface area contributed by atoms with E-state index in [1.54, 1.807) is 0 Å². The van der Waals surface area contributed by atoms with Crippen molar-refractivity contribution in [2.45, 2.75) is 18.8 Å².